The minimum absolute atomic E-state index is 0.0673. The van der Waals surface area contributed by atoms with E-state index in [0.717, 1.165) is 30.0 Å². The Hall–Kier alpha value is -2.96. The fourth-order valence-electron chi connectivity index (χ4n) is 2.46. The van der Waals surface area contributed by atoms with Crippen LogP contribution in [0.5, 0.6) is 0 Å². The van der Waals surface area contributed by atoms with Crippen LogP contribution in [0, 0.1) is 0 Å². The summed E-state index contributed by atoms with van der Waals surface area (Å²) in [6.45, 7) is 4.18. The molecule has 3 aromatic rings. The third-order valence-corrected chi connectivity index (χ3v) is 4.02. The van der Waals surface area contributed by atoms with Crippen molar-refractivity contribution in [2.24, 2.45) is 0 Å². The molecule has 0 radical (unpaired) electrons. The van der Waals surface area contributed by atoms with Crippen LogP contribution in [0.1, 0.15) is 46.9 Å². The van der Waals surface area contributed by atoms with Crippen molar-refractivity contribution in [3.8, 4) is 5.69 Å². The van der Waals surface area contributed by atoms with Crippen molar-refractivity contribution in [3.63, 3.8) is 0 Å². The van der Waals surface area contributed by atoms with E-state index in [1.54, 1.807) is 0 Å². The first-order valence-corrected chi connectivity index (χ1v) is 8.00. The first-order chi connectivity index (χ1) is 12.3. The molecule has 0 aliphatic heterocycles. The smallest absolute Gasteiger partial charge is 0.287 e. The molecule has 3 rings (SSSR count). The van der Waals surface area contributed by atoms with Gasteiger partial charge < -0.3 is 0 Å². The molecule has 0 bridgehead atoms. The Kier molecular flexibility index (Phi) is 4.63. The lowest BCUT2D eigenvalue weighted by atomic mass is 10.0. The lowest BCUT2D eigenvalue weighted by Crippen LogP contribution is -2.07. The van der Waals surface area contributed by atoms with Crippen LogP contribution in [0.15, 0.2) is 54.7 Å². The maximum absolute atomic E-state index is 12.6. The molecule has 0 fully saturated rings. The van der Waals surface area contributed by atoms with Crippen LogP contribution in [0.3, 0.4) is 0 Å². The van der Waals surface area contributed by atoms with Gasteiger partial charge in [0.25, 0.3) is 0 Å². The summed E-state index contributed by atoms with van der Waals surface area (Å²) in [5, 5.41) is 7.77. The number of aromatic nitrogens is 3. The first kappa shape index (κ1) is 17.8. The maximum atomic E-state index is 12.6. The summed E-state index contributed by atoms with van der Waals surface area (Å²) in [7, 11) is 0. The standard InChI is InChI=1S/C19H16F3N3O/c1-12(2)13-5-9-16(10-6-13)25-11-17(23-24-25)18(26)14-3-7-15(8-4-14)19(20,21)22/h3-12H,1-2H3. The van der Waals surface area contributed by atoms with E-state index in [1.807, 2.05) is 24.3 Å². The molecule has 1 heterocycles. The van der Waals surface area contributed by atoms with Crippen molar-refractivity contribution in [2.45, 2.75) is 25.9 Å². The molecule has 7 heteroatoms. The number of benzene rings is 2. The molecule has 26 heavy (non-hydrogen) atoms. The average Bonchev–Trinajstić information content (AvgIpc) is 3.10. The normalized spacial score (nSPS) is 11.8. The molecular formula is C19H16F3N3O. The Balaban J connectivity index is 1.81. The van der Waals surface area contributed by atoms with Gasteiger partial charge in [-0.15, -0.1) is 5.10 Å². The predicted octanol–water partition coefficient (Wildman–Crippen LogP) is 4.64. The van der Waals surface area contributed by atoms with E-state index in [9.17, 15) is 18.0 Å². The number of halogens is 3. The van der Waals surface area contributed by atoms with Crippen molar-refractivity contribution in [3.05, 3.63) is 77.1 Å². The van der Waals surface area contributed by atoms with Crippen LogP contribution in [-0.4, -0.2) is 20.8 Å². The van der Waals surface area contributed by atoms with Crippen molar-refractivity contribution in [1.29, 1.82) is 0 Å². The number of hydrogen-bond donors (Lipinski definition) is 0. The molecule has 0 unspecified atom stereocenters. The molecular weight excluding hydrogens is 343 g/mol. The zero-order valence-corrected chi connectivity index (χ0v) is 14.2. The van der Waals surface area contributed by atoms with E-state index in [0.29, 0.717) is 5.92 Å². The second-order valence-electron chi connectivity index (χ2n) is 6.20. The minimum Gasteiger partial charge on any atom is -0.287 e. The van der Waals surface area contributed by atoms with E-state index < -0.39 is 17.5 Å². The van der Waals surface area contributed by atoms with Gasteiger partial charge in [-0.05, 0) is 35.7 Å². The quantitative estimate of drug-likeness (QED) is 0.638. The second kappa shape index (κ2) is 6.74. The third-order valence-electron chi connectivity index (χ3n) is 4.02. The number of nitrogens with zero attached hydrogens (tertiary/aromatic N) is 3. The van der Waals surface area contributed by atoms with Gasteiger partial charge >= 0.3 is 6.18 Å². The number of carbonyl (C=O) groups excluding carboxylic acids is 1. The SMILES string of the molecule is CC(C)c1ccc(-n2cc(C(=O)c3ccc(C(F)(F)F)cc3)nn2)cc1. The molecule has 2 aromatic carbocycles. The van der Waals surface area contributed by atoms with Crippen molar-refractivity contribution in [1.82, 2.24) is 15.0 Å². The Morgan fingerprint density at radius 3 is 2.15 bits per heavy atom. The van der Waals surface area contributed by atoms with Crippen LogP contribution >= 0.6 is 0 Å². The van der Waals surface area contributed by atoms with Gasteiger partial charge in [0, 0.05) is 5.56 Å². The van der Waals surface area contributed by atoms with Crippen LogP contribution in [-0.2, 0) is 6.18 Å². The molecule has 0 saturated carbocycles. The van der Waals surface area contributed by atoms with Crippen molar-refractivity contribution >= 4 is 5.78 Å². The average molecular weight is 359 g/mol. The van der Waals surface area contributed by atoms with E-state index in [4.69, 9.17) is 0 Å². The van der Waals surface area contributed by atoms with Gasteiger partial charge in [-0.2, -0.15) is 13.2 Å². The zero-order chi connectivity index (χ0) is 18.9. The van der Waals surface area contributed by atoms with Gasteiger partial charge in [-0.1, -0.05) is 43.3 Å². The molecule has 0 spiro atoms. The summed E-state index contributed by atoms with van der Waals surface area (Å²) in [4.78, 5) is 12.4. The third kappa shape index (κ3) is 3.66. The Morgan fingerprint density at radius 2 is 1.62 bits per heavy atom. The highest BCUT2D eigenvalue weighted by Crippen LogP contribution is 2.29. The topological polar surface area (TPSA) is 47.8 Å². The van der Waals surface area contributed by atoms with Crippen LogP contribution < -0.4 is 0 Å². The fraction of sp³-hybridized carbons (Fsp3) is 0.211. The van der Waals surface area contributed by atoms with Crippen LogP contribution in [0.25, 0.3) is 5.69 Å². The van der Waals surface area contributed by atoms with E-state index in [2.05, 4.69) is 24.2 Å². The van der Waals surface area contributed by atoms with E-state index >= 15 is 0 Å². The van der Waals surface area contributed by atoms with Crippen molar-refractivity contribution in [2.75, 3.05) is 0 Å². The number of rotatable bonds is 4. The van der Waals surface area contributed by atoms with Gasteiger partial charge in [0.05, 0.1) is 17.4 Å². The monoisotopic (exact) mass is 359 g/mol. The molecule has 0 aliphatic carbocycles. The lowest BCUT2D eigenvalue weighted by molar-refractivity contribution is -0.137. The highest BCUT2D eigenvalue weighted by molar-refractivity contribution is 6.07. The van der Waals surface area contributed by atoms with E-state index in [1.165, 1.54) is 16.4 Å². The van der Waals surface area contributed by atoms with Gasteiger partial charge in [0.15, 0.2) is 5.69 Å². The molecule has 0 aliphatic rings. The largest absolute Gasteiger partial charge is 0.416 e. The zero-order valence-electron chi connectivity index (χ0n) is 14.2. The molecule has 0 N–H and O–H groups in total. The summed E-state index contributed by atoms with van der Waals surface area (Å²) in [6, 6.07) is 11.7. The summed E-state index contributed by atoms with van der Waals surface area (Å²) in [5.41, 5.74) is 1.31. The van der Waals surface area contributed by atoms with Gasteiger partial charge in [-0.3, -0.25) is 4.79 Å². The van der Waals surface area contributed by atoms with Crippen LogP contribution in [0.2, 0.25) is 0 Å². The van der Waals surface area contributed by atoms with Crippen molar-refractivity contribution < 1.29 is 18.0 Å². The summed E-state index contributed by atoms with van der Waals surface area (Å²) in [5.74, 6) is -0.0830. The fourth-order valence-corrected chi connectivity index (χ4v) is 2.46. The summed E-state index contributed by atoms with van der Waals surface area (Å²) >= 11 is 0. The Bertz CT molecular complexity index is 910. The first-order valence-electron chi connectivity index (χ1n) is 8.00. The molecule has 4 nitrogen and oxygen atoms in total. The minimum atomic E-state index is -4.44. The summed E-state index contributed by atoms with van der Waals surface area (Å²) < 4.78 is 39.3. The number of alkyl halides is 3. The van der Waals surface area contributed by atoms with Gasteiger partial charge in [0.1, 0.15) is 0 Å². The molecule has 1 aromatic heterocycles. The summed E-state index contributed by atoms with van der Waals surface area (Å²) in [6.07, 6.45) is -2.97. The lowest BCUT2D eigenvalue weighted by Gasteiger charge is -2.06. The Morgan fingerprint density at radius 1 is 1.00 bits per heavy atom. The highest BCUT2D eigenvalue weighted by atomic mass is 19.4. The molecule has 0 amide bonds. The highest BCUT2D eigenvalue weighted by Gasteiger charge is 2.30. The van der Waals surface area contributed by atoms with Crippen LogP contribution in [0.4, 0.5) is 13.2 Å². The maximum Gasteiger partial charge on any atom is 0.416 e. The number of ketones is 1. The van der Waals surface area contributed by atoms with Gasteiger partial charge in [-0.25, -0.2) is 4.68 Å². The molecule has 134 valence electrons. The predicted molar refractivity (Wildman–Crippen MR) is 90.3 cm³/mol. The number of hydrogen-bond acceptors (Lipinski definition) is 3. The molecule has 0 atom stereocenters. The number of carbonyl (C=O) groups is 1. The second-order valence-corrected chi connectivity index (χ2v) is 6.20. The molecule has 0 saturated heterocycles. The van der Waals surface area contributed by atoms with E-state index in [-0.39, 0.29) is 11.3 Å². The Labute approximate surface area is 148 Å². The van der Waals surface area contributed by atoms with Gasteiger partial charge in [0.2, 0.25) is 5.78 Å².